The lowest BCUT2D eigenvalue weighted by atomic mass is 10.2. The Morgan fingerprint density at radius 1 is 1.50 bits per heavy atom. The number of aliphatic hydroxyl groups is 1. The van der Waals surface area contributed by atoms with E-state index in [1.807, 2.05) is 12.1 Å². The van der Waals surface area contributed by atoms with E-state index < -0.39 is 0 Å². The van der Waals surface area contributed by atoms with Crippen LogP contribution in [0.1, 0.15) is 13.0 Å². The molecule has 0 radical (unpaired) electrons. The van der Waals surface area contributed by atoms with E-state index in [4.69, 9.17) is 5.11 Å². The molecule has 0 spiro atoms. The van der Waals surface area contributed by atoms with Crippen molar-refractivity contribution in [1.82, 2.24) is 4.98 Å². The normalized spacial score (nSPS) is 8.50. The van der Waals surface area contributed by atoms with Gasteiger partial charge in [-0.05, 0) is 18.1 Å². The van der Waals surface area contributed by atoms with Crippen LogP contribution in [0.4, 0.5) is 0 Å². The lowest BCUT2D eigenvalue weighted by Gasteiger charge is -1.92. The maximum atomic E-state index is 8.49. The first-order chi connectivity index (χ1) is 4.43. The molecule has 0 saturated carbocycles. The van der Waals surface area contributed by atoms with E-state index in [0.717, 1.165) is 5.56 Å². The highest BCUT2D eigenvalue weighted by Crippen LogP contribution is 1.94. The molecule has 2 heteroatoms. The maximum Gasteiger partial charge on any atom is 0.0472 e. The van der Waals surface area contributed by atoms with Gasteiger partial charge in [-0.15, -0.1) is 0 Å². The summed E-state index contributed by atoms with van der Waals surface area (Å²) in [5.74, 6) is 0. The Balaban J connectivity index is 0.000000810. The van der Waals surface area contributed by atoms with Gasteiger partial charge < -0.3 is 5.11 Å². The van der Waals surface area contributed by atoms with E-state index in [9.17, 15) is 0 Å². The minimum atomic E-state index is 0. The van der Waals surface area contributed by atoms with Gasteiger partial charge in [0.2, 0.25) is 0 Å². The van der Waals surface area contributed by atoms with Crippen molar-refractivity contribution in [3.63, 3.8) is 0 Å². The third-order valence-electron chi connectivity index (χ3n) is 1.12. The fraction of sp³-hybridized carbons (Fsp3) is 0.375. The molecule has 0 amide bonds. The van der Waals surface area contributed by atoms with Gasteiger partial charge in [-0.25, -0.2) is 0 Å². The van der Waals surface area contributed by atoms with Crippen molar-refractivity contribution in [2.24, 2.45) is 0 Å². The first-order valence-electron chi connectivity index (χ1n) is 2.93. The zero-order chi connectivity index (χ0) is 6.53. The van der Waals surface area contributed by atoms with Gasteiger partial charge in [0, 0.05) is 19.0 Å². The van der Waals surface area contributed by atoms with E-state index in [1.165, 1.54) is 0 Å². The summed E-state index contributed by atoms with van der Waals surface area (Å²) in [5.41, 5.74) is 1.08. The van der Waals surface area contributed by atoms with Gasteiger partial charge in [-0.1, -0.05) is 13.5 Å². The van der Waals surface area contributed by atoms with Gasteiger partial charge in [0.1, 0.15) is 0 Å². The van der Waals surface area contributed by atoms with Crippen molar-refractivity contribution in [3.8, 4) is 0 Å². The largest absolute Gasteiger partial charge is 0.396 e. The van der Waals surface area contributed by atoms with Crippen molar-refractivity contribution in [1.29, 1.82) is 0 Å². The third-order valence-corrected chi connectivity index (χ3v) is 1.12. The van der Waals surface area contributed by atoms with Crippen LogP contribution < -0.4 is 0 Å². The summed E-state index contributed by atoms with van der Waals surface area (Å²) in [6.07, 6.45) is 4.19. The average molecular weight is 139 g/mol. The Kier molecular flexibility index (Phi) is 4.50. The first-order valence-corrected chi connectivity index (χ1v) is 2.93. The van der Waals surface area contributed by atoms with Crippen LogP contribution in [-0.2, 0) is 6.42 Å². The Labute approximate surface area is 61.5 Å². The molecule has 0 aliphatic heterocycles. The highest BCUT2D eigenvalue weighted by Gasteiger charge is 1.86. The first kappa shape index (κ1) is 9.11. The van der Waals surface area contributed by atoms with Crippen LogP contribution in [0.3, 0.4) is 0 Å². The number of aliphatic hydroxyl groups excluding tert-OH is 1. The summed E-state index contributed by atoms with van der Waals surface area (Å²) in [6, 6.07) is 3.81. The van der Waals surface area contributed by atoms with Crippen LogP contribution in [0.15, 0.2) is 24.5 Å². The predicted octanol–water partition coefficient (Wildman–Crippen LogP) is 1.25. The molecule has 1 rings (SSSR count). The molecule has 56 valence electrons. The second-order valence-electron chi connectivity index (χ2n) is 1.83. The zero-order valence-corrected chi connectivity index (χ0v) is 5.12. The molecule has 1 heterocycles. The molecular formula is C8H13NO. The molecule has 1 N–H and O–H groups in total. The molecule has 2 nitrogen and oxygen atoms in total. The molecule has 0 aliphatic carbocycles. The molecule has 10 heavy (non-hydrogen) atoms. The number of hydrogen-bond acceptors (Lipinski definition) is 2. The Bertz CT molecular complexity index is 162. The Morgan fingerprint density at radius 3 is 2.80 bits per heavy atom. The second kappa shape index (κ2) is 4.94. The van der Waals surface area contributed by atoms with E-state index in [-0.39, 0.29) is 14.0 Å². The summed E-state index contributed by atoms with van der Waals surface area (Å²) >= 11 is 0. The van der Waals surface area contributed by atoms with E-state index in [2.05, 4.69) is 4.98 Å². The summed E-state index contributed by atoms with van der Waals surface area (Å²) in [5, 5.41) is 8.49. The summed E-state index contributed by atoms with van der Waals surface area (Å²) < 4.78 is 0. The standard InChI is InChI=1S/C7H9NO.CH4/c9-5-3-7-2-1-4-8-6-7;/h1-2,4,6,9H,3,5H2;1H4. The molecule has 0 aromatic carbocycles. The fourth-order valence-corrected chi connectivity index (χ4v) is 0.675. The summed E-state index contributed by atoms with van der Waals surface area (Å²) in [6.45, 7) is 0.200. The predicted molar refractivity (Wildman–Crippen MR) is 41.8 cm³/mol. The molecular weight excluding hydrogens is 126 g/mol. The molecule has 0 saturated heterocycles. The lowest BCUT2D eigenvalue weighted by molar-refractivity contribution is 0.299. The van der Waals surface area contributed by atoms with E-state index in [0.29, 0.717) is 6.42 Å². The Morgan fingerprint density at radius 2 is 2.30 bits per heavy atom. The van der Waals surface area contributed by atoms with E-state index >= 15 is 0 Å². The molecule has 0 aliphatic rings. The highest BCUT2D eigenvalue weighted by molar-refractivity contribution is 5.08. The zero-order valence-electron chi connectivity index (χ0n) is 5.12. The van der Waals surface area contributed by atoms with Crippen LogP contribution >= 0.6 is 0 Å². The van der Waals surface area contributed by atoms with Crippen LogP contribution in [-0.4, -0.2) is 16.7 Å². The van der Waals surface area contributed by atoms with Crippen molar-refractivity contribution in [3.05, 3.63) is 30.1 Å². The van der Waals surface area contributed by atoms with Crippen molar-refractivity contribution in [2.75, 3.05) is 6.61 Å². The minimum absolute atomic E-state index is 0. The maximum absolute atomic E-state index is 8.49. The van der Waals surface area contributed by atoms with Crippen LogP contribution in [0.2, 0.25) is 0 Å². The van der Waals surface area contributed by atoms with Gasteiger partial charge in [0.05, 0.1) is 0 Å². The van der Waals surface area contributed by atoms with Crippen LogP contribution in [0.25, 0.3) is 0 Å². The molecule has 1 aromatic heterocycles. The van der Waals surface area contributed by atoms with Crippen molar-refractivity contribution in [2.45, 2.75) is 13.8 Å². The van der Waals surface area contributed by atoms with Crippen molar-refractivity contribution < 1.29 is 5.11 Å². The molecule has 0 atom stereocenters. The topological polar surface area (TPSA) is 33.1 Å². The minimum Gasteiger partial charge on any atom is -0.396 e. The number of pyridine rings is 1. The van der Waals surface area contributed by atoms with Gasteiger partial charge in [0.25, 0.3) is 0 Å². The lowest BCUT2D eigenvalue weighted by Crippen LogP contribution is -1.89. The van der Waals surface area contributed by atoms with Gasteiger partial charge in [-0.2, -0.15) is 0 Å². The van der Waals surface area contributed by atoms with E-state index in [1.54, 1.807) is 12.4 Å². The summed E-state index contributed by atoms with van der Waals surface area (Å²) in [7, 11) is 0. The van der Waals surface area contributed by atoms with Gasteiger partial charge in [-0.3, -0.25) is 4.98 Å². The van der Waals surface area contributed by atoms with Crippen LogP contribution in [0, 0.1) is 0 Å². The molecule has 0 unspecified atom stereocenters. The summed E-state index contributed by atoms with van der Waals surface area (Å²) in [4.78, 5) is 3.89. The fourth-order valence-electron chi connectivity index (χ4n) is 0.675. The SMILES string of the molecule is C.OCCc1cccnc1. The average Bonchev–Trinajstić information content (AvgIpc) is 1.91. The monoisotopic (exact) mass is 139 g/mol. The Hall–Kier alpha value is -0.890. The highest BCUT2D eigenvalue weighted by atomic mass is 16.2. The second-order valence-corrected chi connectivity index (χ2v) is 1.83. The smallest absolute Gasteiger partial charge is 0.0472 e. The van der Waals surface area contributed by atoms with Crippen LogP contribution in [0.5, 0.6) is 0 Å². The third kappa shape index (κ3) is 2.60. The number of nitrogens with zero attached hydrogens (tertiary/aromatic N) is 1. The molecule has 0 fully saturated rings. The van der Waals surface area contributed by atoms with Gasteiger partial charge in [0.15, 0.2) is 0 Å². The van der Waals surface area contributed by atoms with Gasteiger partial charge >= 0.3 is 0 Å². The number of aromatic nitrogens is 1. The number of rotatable bonds is 2. The number of hydrogen-bond donors (Lipinski definition) is 1. The molecule has 0 bridgehead atoms. The molecule has 1 aromatic rings. The van der Waals surface area contributed by atoms with Crippen molar-refractivity contribution >= 4 is 0 Å². The quantitative estimate of drug-likeness (QED) is 0.669.